The molecule has 3 nitrogen and oxygen atoms in total. The first-order valence-electron chi connectivity index (χ1n) is 5.35. The van der Waals surface area contributed by atoms with Gasteiger partial charge in [0.1, 0.15) is 5.65 Å². The molecule has 0 amide bonds. The van der Waals surface area contributed by atoms with E-state index in [-0.39, 0.29) is 5.54 Å². The summed E-state index contributed by atoms with van der Waals surface area (Å²) in [5.74, 6) is 0. The molecular weight excluding hydrogens is 186 g/mol. The predicted molar refractivity (Wildman–Crippen MR) is 59.8 cm³/mol. The summed E-state index contributed by atoms with van der Waals surface area (Å²) in [6, 6.07) is 4.14. The summed E-state index contributed by atoms with van der Waals surface area (Å²) in [6.07, 6.45) is 4.22. The van der Waals surface area contributed by atoms with Gasteiger partial charge in [-0.3, -0.25) is 0 Å². The van der Waals surface area contributed by atoms with Gasteiger partial charge in [-0.2, -0.15) is 0 Å². The van der Waals surface area contributed by atoms with Crippen LogP contribution >= 0.6 is 0 Å². The number of nitrogens with zero attached hydrogens (tertiary/aromatic N) is 2. The molecule has 0 spiro atoms. The second-order valence-corrected chi connectivity index (χ2v) is 4.59. The third kappa shape index (κ3) is 1.13. The highest BCUT2D eigenvalue weighted by molar-refractivity contribution is 5.52. The van der Waals surface area contributed by atoms with Crippen LogP contribution in [0.25, 0.3) is 5.65 Å². The molecule has 0 saturated heterocycles. The molecule has 0 unspecified atom stereocenters. The minimum atomic E-state index is -0.114. The van der Waals surface area contributed by atoms with Gasteiger partial charge < -0.3 is 10.1 Å². The molecule has 0 aliphatic heterocycles. The zero-order valence-electron chi connectivity index (χ0n) is 9.12. The highest BCUT2D eigenvalue weighted by atomic mass is 15.1. The van der Waals surface area contributed by atoms with Crippen molar-refractivity contribution < 1.29 is 0 Å². The Bertz CT molecular complexity index is 535. The van der Waals surface area contributed by atoms with Crippen LogP contribution in [-0.2, 0) is 5.54 Å². The summed E-state index contributed by atoms with van der Waals surface area (Å²) < 4.78 is 2.15. The smallest absolute Gasteiger partial charge is 0.140 e. The Hall–Kier alpha value is -1.35. The highest BCUT2D eigenvalue weighted by Crippen LogP contribution is 2.44. The lowest BCUT2D eigenvalue weighted by molar-refractivity contribution is 0.691. The van der Waals surface area contributed by atoms with Gasteiger partial charge in [0.25, 0.3) is 0 Å². The summed E-state index contributed by atoms with van der Waals surface area (Å²) in [4.78, 5) is 4.60. The maximum absolute atomic E-state index is 6.27. The van der Waals surface area contributed by atoms with E-state index in [9.17, 15) is 0 Å². The van der Waals surface area contributed by atoms with E-state index in [1.165, 1.54) is 11.3 Å². The number of aryl methyl sites for hydroxylation is 2. The molecule has 78 valence electrons. The fourth-order valence-corrected chi connectivity index (χ4v) is 2.29. The summed E-state index contributed by atoms with van der Waals surface area (Å²) in [6.45, 7) is 4.14. The highest BCUT2D eigenvalue weighted by Gasteiger charge is 2.43. The largest absolute Gasteiger partial charge is 0.320 e. The van der Waals surface area contributed by atoms with Crippen LogP contribution in [0.1, 0.15) is 29.8 Å². The van der Waals surface area contributed by atoms with E-state index in [0.717, 1.165) is 24.2 Å². The lowest BCUT2D eigenvalue weighted by Crippen LogP contribution is -2.22. The van der Waals surface area contributed by atoms with E-state index in [1.54, 1.807) is 0 Å². The average molecular weight is 201 g/mol. The molecule has 0 aromatic carbocycles. The van der Waals surface area contributed by atoms with Crippen molar-refractivity contribution in [3.8, 4) is 0 Å². The van der Waals surface area contributed by atoms with Gasteiger partial charge in [0.15, 0.2) is 0 Å². The topological polar surface area (TPSA) is 43.3 Å². The van der Waals surface area contributed by atoms with E-state index in [0.29, 0.717) is 0 Å². The standard InChI is InChI=1S/C12H15N3/c1-8-4-3-7-15-10(12(13)5-6-12)9(2)14-11(8)15/h3-4,7H,5-6,13H2,1-2H3. The van der Waals surface area contributed by atoms with Crippen LogP contribution < -0.4 is 5.73 Å². The van der Waals surface area contributed by atoms with Crippen molar-refractivity contribution in [2.24, 2.45) is 5.73 Å². The molecule has 1 aliphatic rings. The zero-order valence-corrected chi connectivity index (χ0v) is 9.12. The number of pyridine rings is 1. The molecule has 2 aromatic rings. The fourth-order valence-electron chi connectivity index (χ4n) is 2.29. The Kier molecular flexibility index (Phi) is 1.55. The summed E-state index contributed by atoms with van der Waals surface area (Å²) >= 11 is 0. The van der Waals surface area contributed by atoms with Crippen LogP contribution in [0.3, 0.4) is 0 Å². The van der Waals surface area contributed by atoms with Gasteiger partial charge in [0.2, 0.25) is 0 Å². The van der Waals surface area contributed by atoms with Crippen LogP contribution in [-0.4, -0.2) is 9.38 Å². The van der Waals surface area contributed by atoms with Crippen molar-refractivity contribution in [1.82, 2.24) is 9.38 Å². The van der Waals surface area contributed by atoms with Gasteiger partial charge in [-0.1, -0.05) is 6.07 Å². The van der Waals surface area contributed by atoms with Crippen LogP contribution in [0.15, 0.2) is 18.3 Å². The maximum atomic E-state index is 6.27. The monoisotopic (exact) mass is 201 g/mol. The Labute approximate surface area is 88.9 Å². The van der Waals surface area contributed by atoms with Crippen molar-refractivity contribution in [3.63, 3.8) is 0 Å². The molecule has 1 fully saturated rings. The third-order valence-electron chi connectivity index (χ3n) is 3.28. The molecule has 2 heterocycles. The van der Waals surface area contributed by atoms with E-state index in [4.69, 9.17) is 5.73 Å². The number of hydrogen-bond donors (Lipinski definition) is 1. The first kappa shape index (κ1) is 8.92. The normalized spacial score (nSPS) is 18.3. The number of hydrogen-bond acceptors (Lipinski definition) is 2. The molecule has 3 rings (SSSR count). The SMILES string of the molecule is Cc1nc2c(C)cccn2c1C1(N)CC1. The summed E-state index contributed by atoms with van der Waals surface area (Å²) in [5.41, 5.74) is 10.7. The van der Waals surface area contributed by atoms with Crippen LogP contribution in [0.2, 0.25) is 0 Å². The molecule has 0 bridgehead atoms. The number of fused-ring (bicyclic) bond motifs is 1. The summed E-state index contributed by atoms with van der Waals surface area (Å²) in [7, 11) is 0. The van der Waals surface area contributed by atoms with Gasteiger partial charge in [0, 0.05) is 6.20 Å². The van der Waals surface area contributed by atoms with Crippen LogP contribution in [0.4, 0.5) is 0 Å². The Morgan fingerprint density at radius 3 is 2.80 bits per heavy atom. The molecule has 2 aromatic heterocycles. The number of imidazole rings is 1. The van der Waals surface area contributed by atoms with E-state index in [1.807, 2.05) is 0 Å². The van der Waals surface area contributed by atoms with Crippen molar-refractivity contribution in [1.29, 1.82) is 0 Å². The molecule has 1 aliphatic carbocycles. The van der Waals surface area contributed by atoms with Gasteiger partial charge in [-0.25, -0.2) is 4.98 Å². The van der Waals surface area contributed by atoms with Gasteiger partial charge >= 0.3 is 0 Å². The average Bonchev–Trinajstić information content (AvgIpc) is 2.80. The van der Waals surface area contributed by atoms with Gasteiger partial charge in [-0.15, -0.1) is 0 Å². The van der Waals surface area contributed by atoms with E-state index in [2.05, 4.69) is 41.6 Å². The first-order chi connectivity index (χ1) is 7.12. The molecule has 1 saturated carbocycles. The molecular formula is C12H15N3. The van der Waals surface area contributed by atoms with E-state index < -0.39 is 0 Å². The van der Waals surface area contributed by atoms with Crippen LogP contribution in [0.5, 0.6) is 0 Å². The number of aromatic nitrogens is 2. The van der Waals surface area contributed by atoms with Crippen molar-refractivity contribution >= 4 is 5.65 Å². The van der Waals surface area contributed by atoms with Gasteiger partial charge in [-0.05, 0) is 38.3 Å². The number of rotatable bonds is 1. The Balaban J connectivity index is 2.38. The Morgan fingerprint density at radius 2 is 2.13 bits per heavy atom. The predicted octanol–water partition coefficient (Wildman–Crippen LogP) is 1.90. The first-order valence-corrected chi connectivity index (χ1v) is 5.35. The van der Waals surface area contributed by atoms with E-state index >= 15 is 0 Å². The molecule has 3 heteroatoms. The third-order valence-corrected chi connectivity index (χ3v) is 3.28. The second-order valence-electron chi connectivity index (χ2n) is 4.59. The van der Waals surface area contributed by atoms with Crippen LogP contribution in [0, 0.1) is 13.8 Å². The second kappa shape index (κ2) is 2.61. The zero-order chi connectivity index (χ0) is 10.6. The minimum absolute atomic E-state index is 0.114. The lowest BCUT2D eigenvalue weighted by atomic mass is 10.1. The van der Waals surface area contributed by atoms with Crippen molar-refractivity contribution in [3.05, 3.63) is 35.3 Å². The van der Waals surface area contributed by atoms with Crippen molar-refractivity contribution in [2.45, 2.75) is 32.2 Å². The van der Waals surface area contributed by atoms with Gasteiger partial charge in [0.05, 0.1) is 16.9 Å². The maximum Gasteiger partial charge on any atom is 0.140 e. The summed E-state index contributed by atoms with van der Waals surface area (Å²) in [5, 5.41) is 0. The molecule has 15 heavy (non-hydrogen) atoms. The van der Waals surface area contributed by atoms with Crippen molar-refractivity contribution in [2.75, 3.05) is 0 Å². The molecule has 0 radical (unpaired) electrons. The number of nitrogens with two attached hydrogens (primary N) is 1. The molecule has 0 atom stereocenters. The molecule has 2 N–H and O–H groups in total. The fraction of sp³-hybridized carbons (Fsp3) is 0.417. The lowest BCUT2D eigenvalue weighted by Gasteiger charge is -2.09. The minimum Gasteiger partial charge on any atom is -0.320 e. The Morgan fingerprint density at radius 1 is 1.40 bits per heavy atom. The quantitative estimate of drug-likeness (QED) is 0.765.